The second-order valence-corrected chi connectivity index (χ2v) is 4.68. The van der Waals surface area contributed by atoms with Gasteiger partial charge in [-0.3, -0.25) is 4.98 Å². The standard InChI is InChI=1S/C17H16N2O3/c1-20-12-7-13-16(15(8-12)21-2)14(10-19-17(13)22-3)11-5-4-6-18-9-11/h4-10H,1-3H3. The van der Waals surface area contributed by atoms with Gasteiger partial charge in [-0.2, -0.15) is 0 Å². The van der Waals surface area contributed by atoms with Crippen molar-refractivity contribution in [2.75, 3.05) is 21.3 Å². The topological polar surface area (TPSA) is 53.5 Å². The summed E-state index contributed by atoms with van der Waals surface area (Å²) in [5, 5.41) is 1.75. The van der Waals surface area contributed by atoms with Crippen LogP contribution in [0.2, 0.25) is 0 Å². The molecule has 0 atom stereocenters. The average molecular weight is 296 g/mol. The molecule has 0 spiro atoms. The van der Waals surface area contributed by atoms with E-state index in [1.807, 2.05) is 24.3 Å². The monoisotopic (exact) mass is 296 g/mol. The van der Waals surface area contributed by atoms with E-state index in [-0.39, 0.29) is 0 Å². The van der Waals surface area contributed by atoms with Crippen LogP contribution < -0.4 is 14.2 Å². The van der Waals surface area contributed by atoms with Crippen molar-refractivity contribution in [1.82, 2.24) is 9.97 Å². The first-order valence-corrected chi connectivity index (χ1v) is 6.77. The lowest BCUT2D eigenvalue weighted by Crippen LogP contribution is -1.96. The summed E-state index contributed by atoms with van der Waals surface area (Å²) in [7, 11) is 4.84. The molecule has 2 aromatic heterocycles. The predicted octanol–water partition coefficient (Wildman–Crippen LogP) is 3.32. The molecule has 0 saturated carbocycles. The maximum atomic E-state index is 5.55. The van der Waals surface area contributed by atoms with Gasteiger partial charge in [0.05, 0.1) is 26.7 Å². The third kappa shape index (κ3) is 2.30. The van der Waals surface area contributed by atoms with Gasteiger partial charge in [0.25, 0.3) is 0 Å². The fourth-order valence-electron chi connectivity index (χ4n) is 2.48. The van der Waals surface area contributed by atoms with E-state index in [2.05, 4.69) is 9.97 Å². The summed E-state index contributed by atoms with van der Waals surface area (Å²) < 4.78 is 16.3. The van der Waals surface area contributed by atoms with Crippen molar-refractivity contribution < 1.29 is 14.2 Å². The van der Waals surface area contributed by atoms with Crippen LogP contribution in [0, 0.1) is 0 Å². The molecule has 0 N–H and O–H groups in total. The molecule has 22 heavy (non-hydrogen) atoms. The Morgan fingerprint density at radius 2 is 1.82 bits per heavy atom. The maximum absolute atomic E-state index is 5.55. The first-order valence-electron chi connectivity index (χ1n) is 6.77. The Balaban J connectivity index is 2.40. The van der Waals surface area contributed by atoms with Crippen LogP contribution in [0.25, 0.3) is 21.9 Å². The summed E-state index contributed by atoms with van der Waals surface area (Å²) in [6.07, 6.45) is 5.31. The van der Waals surface area contributed by atoms with E-state index in [1.165, 1.54) is 0 Å². The second-order valence-electron chi connectivity index (χ2n) is 4.68. The Bertz CT molecular complexity index is 804. The van der Waals surface area contributed by atoms with Crippen LogP contribution in [0.15, 0.2) is 42.9 Å². The van der Waals surface area contributed by atoms with Crippen LogP contribution in [-0.2, 0) is 0 Å². The number of aromatic nitrogens is 2. The summed E-state index contributed by atoms with van der Waals surface area (Å²) in [5.74, 6) is 1.92. The third-order valence-corrected chi connectivity index (χ3v) is 3.51. The number of methoxy groups -OCH3 is 3. The predicted molar refractivity (Wildman–Crippen MR) is 84.6 cm³/mol. The van der Waals surface area contributed by atoms with Gasteiger partial charge >= 0.3 is 0 Å². The van der Waals surface area contributed by atoms with Gasteiger partial charge in [0.2, 0.25) is 5.88 Å². The van der Waals surface area contributed by atoms with Crippen molar-refractivity contribution >= 4 is 10.8 Å². The molecule has 0 aliphatic carbocycles. The summed E-state index contributed by atoms with van der Waals surface area (Å²) in [5.41, 5.74) is 1.90. The molecule has 0 saturated heterocycles. The van der Waals surface area contributed by atoms with Gasteiger partial charge in [0, 0.05) is 41.2 Å². The van der Waals surface area contributed by atoms with Gasteiger partial charge in [-0.05, 0) is 12.1 Å². The van der Waals surface area contributed by atoms with Crippen LogP contribution >= 0.6 is 0 Å². The summed E-state index contributed by atoms with van der Waals surface area (Å²) >= 11 is 0. The summed E-state index contributed by atoms with van der Waals surface area (Å²) in [4.78, 5) is 8.57. The van der Waals surface area contributed by atoms with Gasteiger partial charge in [-0.15, -0.1) is 0 Å². The molecule has 0 bridgehead atoms. The van der Waals surface area contributed by atoms with E-state index in [0.29, 0.717) is 17.4 Å². The zero-order valence-corrected chi connectivity index (χ0v) is 12.7. The molecular formula is C17H16N2O3. The van der Waals surface area contributed by atoms with Crippen LogP contribution in [0.4, 0.5) is 0 Å². The number of ether oxygens (including phenoxy) is 3. The van der Waals surface area contributed by atoms with E-state index >= 15 is 0 Å². The Morgan fingerprint density at radius 3 is 2.45 bits per heavy atom. The first-order chi connectivity index (χ1) is 10.8. The largest absolute Gasteiger partial charge is 0.497 e. The molecular weight excluding hydrogens is 280 g/mol. The van der Waals surface area contributed by atoms with Gasteiger partial charge < -0.3 is 14.2 Å². The minimum absolute atomic E-state index is 0.528. The number of nitrogens with zero attached hydrogens (tertiary/aromatic N) is 2. The fourth-order valence-corrected chi connectivity index (χ4v) is 2.48. The Labute approximate surface area is 128 Å². The number of fused-ring (bicyclic) bond motifs is 1. The lowest BCUT2D eigenvalue weighted by Gasteiger charge is -2.14. The van der Waals surface area contributed by atoms with Crippen LogP contribution in [0.5, 0.6) is 17.4 Å². The number of benzene rings is 1. The molecule has 0 aliphatic heterocycles. The minimum Gasteiger partial charge on any atom is -0.497 e. The van der Waals surface area contributed by atoms with Crippen molar-refractivity contribution in [1.29, 1.82) is 0 Å². The van der Waals surface area contributed by atoms with Gasteiger partial charge in [-0.25, -0.2) is 4.98 Å². The molecule has 3 rings (SSSR count). The molecule has 0 radical (unpaired) electrons. The number of rotatable bonds is 4. The lowest BCUT2D eigenvalue weighted by molar-refractivity contribution is 0.393. The second kappa shape index (κ2) is 5.89. The fraction of sp³-hybridized carbons (Fsp3) is 0.176. The third-order valence-electron chi connectivity index (χ3n) is 3.51. The smallest absolute Gasteiger partial charge is 0.221 e. The van der Waals surface area contributed by atoms with Crippen LogP contribution in [0.3, 0.4) is 0 Å². The Morgan fingerprint density at radius 1 is 0.955 bits per heavy atom. The molecule has 5 heteroatoms. The highest BCUT2D eigenvalue weighted by atomic mass is 16.5. The summed E-state index contributed by atoms with van der Waals surface area (Å²) in [6.45, 7) is 0. The highest BCUT2D eigenvalue weighted by Crippen LogP contribution is 2.40. The summed E-state index contributed by atoms with van der Waals surface area (Å²) in [6, 6.07) is 7.62. The van der Waals surface area contributed by atoms with E-state index in [0.717, 1.165) is 21.9 Å². The molecule has 0 unspecified atom stereocenters. The first kappa shape index (κ1) is 14.1. The van der Waals surface area contributed by atoms with Crippen molar-refractivity contribution in [2.24, 2.45) is 0 Å². The molecule has 0 fully saturated rings. The number of hydrogen-bond acceptors (Lipinski definition) is 5. The van der Waals surface area contributed by atoms with Crippen molar-refractivity contribution in [3.05, 3.63) is 42.9 Å². The molecule has 112 valence electrons. The van der Waals surface area contributed by atoms with Crippen molar-refractivity contribution in [3.8, 4) is 28.5 Å². The van der Waals surface area contributed by atoms with Gasteiger partial charge in [-0.1, -0.05) is 6.07 Å². The van der Waals surface area contributed by atoms with Gasteiger partial charge in [0.15, 0.2) is 0 Å². The molecule has 5 nitrogen and oxygen atoms in total. The Kier molecular flexibility index (Phi) is 3.78. The highest BCUT2D eigenvalue weighted by Gasteiger charge is 2.16. The normalized spacial score (nSPS) is 10.5. The van der Waals surface area contributed by atoms with E-state index < -0.39 is 0 Å². The zero-order chi connectivity index (χ0) is 15.5. The average Bonchev–Trinajstić information content (AvgIpc) is 2.60. The molecule has 1 aromatic carbocycles. The van der Waals surface area contributed by atoms with E-state index in [9.17, 15) is 0 Å². The van der Waals surface area contributed by atoms with Crippen LogP contribution in [-0.4, -0.2) is 31.3 Å². The van der Waals surface area contributed by atoms with Crippen molar-refractivity contribution in [3.63, 3.8) is 0 Å². The van der Waals surface area contributed by atoms with Crippen molar-refractivity contribution in [2.45, 2.75) is 0 Å². The number of pyridine rings is 2. The maximum Gasteiger partial charge on any atom is 0.221 e. The zero-order valence-electron chi connectivity index (χ0n) is 12.7. The highest BCUT2D eigenvalue weighted by molar-refractivity contribution is 6.03. The van der Waals surface area contributed by atoms with E-state index in [4.69, 9.17) is 14.2 Å². The molecule has 2 heterocycles. The Hall–Kier alpha value is -2.82. The quantitative estimate of drug-likeness (QED) is 0.739. The lowest BCUT2D eigenvalue weighted by atomic mass is 10.0. The minimum atomic E-state index is 0.528. The molecule has 0 aliphatic rings. The molecule has 3 aromatic rings. The molecule has 0 amide bonds. The van der Waals surface area contributed by atoms with Gasteiger partial charge in [0.1, 0.15) is 11.5 Å². The van der Waals surface area contributed by atoms with Crippen LogP contribution in [0.1, 0.15) is 0 Å². The number of hydrogen-bond donors (Lipinski definition) is 0. The van der Waals surface area contributed by atoms with E-state index in [1.54, 1.807) is 39.9 Å². The SMILES string of the molecule is COc1cc(OC)c2c(-c3cccnc3)cnc(OC)c2c1.